The maximum Gasteiger partial charge on any atom is -0.00264 e. The SMILES string of the molecule is [CH]=Cc1cc2ccc3c[c]cc4ccc(c1)c2c34. The Balaban J connectivity index is 2.38. The first-order chi connectivity index (χ1) is 8.86. The van der Waals surface area contributed by atoms with Crippen LogP contribution in [0.5, 0.6) is 0 Å². The Morgan fingerprint density at radius 2 is 1.28 bits per heavy atom. The van der Waals surface area contributed by atoms with Crippen LogP contribution in [0.25, 0.3) is 38.4 Å². The molecule has 0 atom stereocenters. The van der Waals surface area contributed by atoms with E-state index in [9.17, 15) is 0 Å². The van der Waals surface area contributed by atoms with Gasteiger partial charge < -0.3 is 0 Å². The van der Waals surface area contributed by atoms with Crippen LogP contribution in [0.15, 0.2) is 48.5 Å². The van der Waals surface area contributed by atoms with Gasteiger partial charge in [0.05, 0.1) is 0 Å². The first-order valence-corrected chi connectivity index (χ1v) is 6.00. The molecule has 0 aromatic heterocycles. The molecule has 0 saturated heterocycles. The summed E-state index contributed by atoms with van der Waals surface area (Å²) in [4.78, 5) is 0. The molecule has 4 aromatic rings. The van der Waals surface area contributed by atoms with E-state index < -0.39 is 0 Å². The third kappa shape index (κ3) is 1.15. The zero-order valence-electron chi connectivity index (χ0n) is 9.77. The lowest BCUT2D eigenvalue weighted by molar-refractivity contribution is 1.74. The third-order valence-corrected chi connectivity index (χ3v) is 3.60. The van der Waals surface area contributed by atoms with Gasteiger partial charge in [0, 0.05) is 0 Å². The van der Waals surface area contributed by atoms with Crippen molar-refractivity contribution in [2.24, 2.45) is 0 Å². The summed E-state index contributed by atoms with van der Waals surface area (Å²) >= 11 is 0. The zero-order valence-corrected chi connectivity index (χ0v) is 9.77. The second kappa shape index (κ2) is 3.33. The van der Waals surface area contributed by atoms with Gasteiger partial charge in [-0.1, -0.05) is 36.9 Å². The van der Waals surface area contributed by atoms with E-state index in [1.54, 1.807) is 6.08 Å². The Hall–Kier alpha value is -2.34. The minimum atomic E-state index is 1.06. The first kappa shape index (κ1) is 9.67. The summed E-state index contributed by atoms with van der Waals surface area (Å²) in [6, 6.07) is 20.2. The van der Waals surface area contributed by atoms with Gasteiger partial charge in [-0.3, -0.25) is 0 Å². The van der Waals surface area contributed by atoms with Crippen molar-refractivity contribution >= 4 is 38.4 Å². The van der Waals surface area contributed by atoms with E-state index in [0.29, 0.717) is 0 Å². The van der Waals surface area contributed by atoms with Crippen LogP contribution in [0.2, 0.25) is 0 Å². The van der Waals surface area contributed by atoms with E-state index in [4.69, 9.17) is 6.58 Å². The van der Waals surface area contributed by atoms with E-state index in [0.717, 1.165) is 5.56 Å². The molecule has 0 heteroatoms. The van der Waals surface area contributed by atoms with E-state index in [2.05, 4.69) is 42.5 Å². The molecule has 18 heavy (non-hydrogen) atoms. The average molecular weight is 226 g/mol. The minimum Gasteiger partial charge on any atom is -0.0617 e. The highest BCUT2D eigenvalue weighted by atomic mass is 14.1. The first-order valence-electron chi connectivity index (χ1n) is 6.00. The molecule has 0 N–H and O–H groups in total. The van der Waals surface area contributed by atoms with Crippen LogP contribution in [0.3, 0.4) is 0 Å². The van der Waals surface area contributed by atoms with Crippen molar-refractivity contribution in [1.82, 2.24) is 0 Å². The van der Waals surface area contributed by atoms with Gasteiger partial charge in [-0.25, -0.2) is 0 Å². The largest absolute Gasteiger partial charge is 0.0617 e. The van der Waals surface area contributed by atoms with Gasteiger partial charge >= 0.3 is 0 Å². The highest BCUT2D eigenvalue weighted by molar-refractivity contribution is 6.23. The molecule has 0 aliphatic rings. The van der Waals surface area contributed by atoms with Crippen LogP contribution in [0.1, 0.15) is 5.56 Å². The monoisotopic (exact) mass is 226 g/mol. The molecular formula is C18H10. The second-order valence-electron chi connectivity index (χ2n) is 4.65. The molecule has 4 rings (SSSR count). The summed E-state index contributed by atoms with van der Waals surface area (Å²) in [7, 11) is 0. The lowest BCUT2D eigenvalue weighted by Crippen LogP contribution is -1.84. The van der Waals surface area contributed by atoms with Crippen molar-refractivity contribution in [3.8, 4) is 0 Å². The number of benzene rings is 4. The number of rotatable bonds is 1. The molecule has 0 saturated carbocycles. The Labute approximate surface area is 105 Å². The third-order valence-electron chi connectivity index (χ3n) is 3.60. The van der Waals surface area contributed by atoms with Crippen LogP contribution < -0.4 is 0 Å². The molecule has 82 valence electrons. The van der Waals surface area contributed by atoms with Crippen LogP contribution >= 0.6 is 0 Å². The van der Waals surface area contributed by atoms with Gasteiger partial charge in [-0.2, -0.15) is 0 Å². The fraction of sp³-hybridized carbons (Fsp3) is 0. The Morgan fingerprint density at radius 3 is 1.83 bits per heavy atom. The summed E-state index contributed by atoms with van der Waals surface area (Å²) in [5.74, 6) is 0. The van der Waals surface area contributed by atoms with Gasteiger partial charge in [-0.15, -0.1) is 0 Å². The molecule has 0 nitrogen and oxygen atoms in total. The molecule has 0 bridgehead atoms. The van der Waals surface area contributed by atoms with Crippen molar-refractivity contribution in [1.29, 1.82) is 0 Å². The lowest BCUT2D eigenvalue weighted by Gasteiger charge is -2.11. The number of hydrogen-bond donors (Lipinski definition) is 0. The van der Waals surface area contributed by atoms with Gasteiger partial charge in [0.25, 0.3) is 0 Å². The molecule has 0 aliphatic heterocycles. The molecule has 4 aromatic carbocycles. The number of hydrogen-bond acceptors (Lipinski definition) is 0. The van der Waals surface area contributed by atoms with Crippen molar-refractivity contribution in [3.05, 3.63) is 66.7 Å². The van der Waals surface area contributed by atoms with E-state index in [1.165, 1.54) is 32.3 Å². The van der Waals surface area contributed by atoms with Crippen LogP contribution in [0, 0.1) is 12.6 Å². The Morgan fingerprint density at radius 1 is 0.778 bits per heavy atom. The van der Waals surface area contributed by atoms with Crippen LogP contribution in [-0.4, -0.2) is 0 Å². The van der Waals surface area contributed by atoms with Crippen LogP contribution in [0.4, 0.5) is 0 Å². The van der Waals surface area contributed by atoms with Crippen molar-refractivity contribution < 1.29 is 0 Å². The zero-order chi connectivity index (χ0) is 12.1. The normalized spacial score (nSPS) is 11.6. The highest BCUT2D eigenvalue weighted by Gasteiger charge is 2.07. The smallest absolute Gasteiger partial charge is 0.00264 e. The molecule has 0 heterocycles. The second-order valence-corrected chi connectivity index (χ2v) is 4.65. The highest BCUT2D eigenvalue weighted by Crippen LogP contribution is 2.34. The summed E-state index contributed by atoms with van der Waals surface area (Å²) in [5.41, 5.74) is 1.06. The molecule has 2 radical (unpaired) electrons. The summed E-state index contributed by atoms with van der Waals surface area (Å²) in [6.45, 7) is 5.64. The predicted molar refractivity (Wildman–Crippen MR) is 77.7 cm³/mol. The van der Waals surface area contributed by atoms with Crippen molar-refractivity contribution in [3.63, 3.8) is 0 Å². The standard InChI is InChI=1S/C18H10/c1-2-12-10-15-8-6-13-4-3-5-14-7-9-16(11-12)18(15)17(13)14/h1-2,4-11H. The average Bonchev–Trinajstić information content (AvgIpc) is 2.44. The van der Waals surface area contributed by atoms with Gasteiger partial charge in [0.1, 0.15) is 0 Å². The predicted octanol–water partition coefficient (Wildman–Crippen LogP) is 4.83. The fourth-order valence-electron chi connectivity index (χ4n) is 2.80. The van der Waals surface area contributed by atoms with Gasteiger partial charge in [-0.05, 0) is 68.2 Å². The van der Waals surface area contributed by atoms with Gasteiger partial charge in [0.15, 0.2) is 0 Å². The summed E-state index contributed by atoms with van der Waals surface area (Å²) in [5, 5.41) is 7.63. The molecule has 0 aliphatic carbocycles. The summed E-state index contributed by atoms with van der Waals surface area (Å²) in [6.07, 6.45) is 1.66. The maximum atomic E-state index is 5.64. The molecule has 0 fully saturated rings. The van der Waals surface area contributed by atoms with E-state index in [1.807, 2.05) is 12.1 Å². The van der Waals surface area contributed by atoms with E-state index in [-0.39, 0.29) is 0 Å². The minimum absolute atomic E-state index is 1.06. The fourth-order valence-corrected chi connectivity index (χ4v) is 2.80. The Kier molecular flexibility index (Phi) is 1.79. The quantitative estimate of drug-likeness (QED) is 0.408. The van der Waals surface area contributed by atoms with Crippen LogP contribution in [-0.2, 0) is 0 Å². The lowest BCUT2D eigenvalue weighted by atomic mass is 9.93. The molecule has 0 unspecified atom stereocenters. The van der Waals surface area contributed by atoms with Gasteiger partial charge in [0.2, 0.25) is 0 Å². The molecule has 0 amide bonds. The van der Waals surface area contributed by atoms with E-state index >= 15 is 0 Å². The topological polar surface area (TPSA) is 0 Å². The molecule has 0 spiro atoms. The van der Waals surface area contributed by atoms with Crippen molar-refractivity contribution in [2.45, 2.75) is 0 Å². The molecular weight excluding hydrogens is 216 g/mol. The van der Waals surface area contributed by atoms with Crippen molar-refractivity contribution in [2.75, 3.05) is 0 Å². The maximum absolute atomic E-state index is 5.64. The Bertz CT molecular complexity index is 820. The summed E-state index contributed by atoms with van der Waals surface area (Å²) < 4.78 is 0.